The molecule has 1 aromatic rings. The highest BCUT2D eigenvalue weighted by Crippen LogP contribution is 2.05. The van der Waals surface area contributed by atoms with Crippen molar-refractivity contribution >= 4 is 0 Å². The maximum Gasteiger partial charge on any atom is 0.0202 e. The molecule has 1 nitrogen and oxygen atoms in total. The second-order valence-electron chi connectivity index (χ2n) is 3.10. The normalized spacial score (nSPS) is 9.14. The largest absolute Gasteiger partial charge is 0.316 e. The Morgan fingerprint density at radius 1 is 1.00 bits per heavy atom. The third kappa shape index (κ3) is 5.03. The minimum Gasteiger partial charge on any atom is -0.316 e. The van der Waals surface area contributed by atoms with Crippen LogP contribution in [0.25, 0.3) is 0 Å². The molecule has 1 N–H and O–H groups in total. The zero-order valence-electron chi connectivity index (χ0n) is 9.93. The average Bonchev–Trinajstić information content (AvgIpc) is 2.25. The Labute approximate surface area is 88.5 Å². The van der Waals surface area contributed by atoms with Gasteiger partial charge >= 0.3 is 0 Å². The standard InChI is InChI=1S/C11H17N.C2H6/c1-3-4-10-5-7-11(8-6-10)9-12-2;1-2/h5-8,12H,3-4,9H2,1-2H3;1-2H3. The summed E-state index contributed by atoms with van der Waals surface area (Å²) in [6.07, 6.45) is 2.42. The molecule has 0 saturated carbocycles. The third-order valence-electron chi connectivity index (χ3n) is 1.94. The summed E-state index contributed by atoms with van der Waals surface area (Å²) in [5.74, 6) is 0. The molecule has 1 heteroatoms. The fourth-order valence-corrected chi connectivity index (χ4v) is 1.32. The van der Waals surface area contributed by atoms with Crippen LogP contribution in [0, 0.1) is 0 Å². The number of nitrogens with one attached hydrogen (secondary N) is 1. The van der Waals surface area contributed by atoms with E-state index in [1.54, 1.807) is 0 Å². The molecule has 0 aromatic heterocycles. The van der Waals surface area contributed by atoms with Crippen LogP contribution in [0.4, 0.5) is 0 Å². The molecule has 0 spiro atoms. The van der Waals surface area contributed by atoms with Gasteiger partial charge in [-0.15, -0.1) is 0 Å². The number of aryl methyl sites for hydroxylation is 1. The van der Waals surface area contributed by atoms with E-state index in [4.69, 9.17) is 0 Å². The Kier molecular flexibility index (Phi) is 8.25. The highest BCUT2D eigenvalue weighted by molar-refractivity contribution is 5.22. The first-order chi connectivity index (χ1) is 6.86. The van der Waals surface area contributed by atoms with Crippen molar-refractivity contribution in [2.24, 2.45) is 0 Å². The molecule has 0 fully saturated rings. The van der Waals surface area contributed by atoms with Crippen molar-refractivity contribution in [3.05, 3.63) is 35.4 Å². The fourth-order valence-electron chi connectivity index (χ4n) is 1.32. The number of benzene rings is 1. The van der Waals surface area contributed by atoms with Gasteiger partial charge in [-0.1, -0.05) is 51.5 Å². The van der Waals surface area contributed by atoms with E-state index >= 15 is 0 Å². The molecule has 0 unspecified atom stereocenters. The molecule has 14 heavy (non-hydrogen) atoms. The van der Waals surface area contributed by atoms with Crippen LogP contribution in [0.3, 0.4) is 0 Å². The highest BCUT2D eigenvalue weighted by atomic mass is 14.8. The summed E-state index contributed by atoms with van der Waals surface area (Å²) in [5.41, 5.74) is 2.80. The van der Waals surface area contributed by atoms with Crippen LogP contribution >= 0.6 is 0 Å². The van der Waals surface area contributed by atoms with Crippen molar-refractivity contribution < 1.29 is 0 Å². The molecular weight excluding hydrogens is 170 g/mol. The molecular formula is C13H23N. The van der Waals surface area contributed by atoms with Gasteiger partial charge in [0.25, 0.3) is 0 Å². The van der Waals surface area contributed by atoms with Crippen LogP contribution < -0.4 is 5.32 Å². The van der Waals surface area contributed by atoms with Crippen molar-refractivity contribution in [1.82, 2.24) is 5.32 Å². The third-order valence-corrected chi connectivity index (χ3v) is 1.94. The second-order valence-corrected chi connectivity index (χ2v) is 3.10. The minimum atomic E-state index is 0.965. The average molecular weight is 193 g/mol. The molecule has 0 radical (unpaired) electrons. The Morgan fingerprint density at radius 3 is 1.93 bits per heavy atom. The van der Waals surface area contributed by atoms with Gasteiger partial charge in [-0.3, -0.25) is 0 Å². The molecule has 0 amide bonds. The van der Waals surface area contributed by atoms with Gasteiger partial charge in [0.1, 0.15) is 0 Å². The second kappa shape index (κ2) is 8.76. The summed E-state index contributed by atoms with van der Waals surface area (Å²) in [5, 5.41) is 3.14. The van der Waals surface area contributed by atoms with Gasteiger partial charge in [0.05, 0.1) is 0 Å². The van der Waals surface area contributed by atoms with Crippen LogP contribution in [-0.4, -0.2) is 7.05 Å². The maximum atomic E-state index is 3.14. The van der Waals surface area contributed by atoms with E-state index in [-0.39, 0.29) is 0 Å². The van der Waals surface area contributed by atoms with Crippen molar-refractivity contribution in [1.29, 1.82) is 0 Å². The van der Waals surface area contributed by atoms with Gasteiger partial charge in [0.15, 0.2) is 0 Å². The van der Waals surface area contributed by atoms with Gasteiger partial charge in [-0.05, 0) is 24.6 Å². The summed E-state index contributed by atoms with van der Waals surface area (Å²) in [4.78, 5) is 0. The molecule has 1 rings (SSSR count). The van der Waals surface area contributed by atoms with Crippen LogP contribution in [0.5, 0.6) is 0 Å². The monoisotopic (exact) mass is 193 g/mol. The van der Waals surface area contributed by atoms with E-state index in [1.807, 2.05) is 20.9 Å². The molecule has 0 aliphatic heterocycles. The molecule has 0 aliphatic carbocycles. The first-order valence-electron chi connectivity index (χ1n) is 5.59. The summed E-state index contributed by atoms with van der Waals surface area (Å²) < 4.78 is 0. The first-order valence-corrected chi connectivity index (χ1v) is 5.59. The van der Waals surface area contributed by atoms with Crippen LogP contribution in [0.1, 0.15) is 38.3 Å². The first kappa shape index (κ1) is 13.2. The lowest BCUT2D eigenvalue weighted by Crippen LogP contribution is -2.04. The fraction of sp³-hybridized carbons (Fsp3) is 0.538. The predicted molar refractivity (Wildman–Crippen MR) is 64.5 cm³/mol. The van der Waals surface area contributed by atoms with Crippen molar-refractivity contribution in [2.75, 3.05) is 7.05 Å². The van der Waals surface area contributed by atoms with E-state index in [1.165, 1.54) is 24.0 Å². The number of rotatable bonds is 4. The lowest BCUT2D eigenvalue weighted by atomic mass is 10.1. The minimum absolute atomic E-state index is 0.965. The van der Waals surface area contributed by atoms with E-state index in [0.29, 0.717) is 0 Å². The lowest BCUT2D eigenvalue weighted by Gasteiger charge is -2.01. The van der Waals surface area contributed by atoms with E-state index in [0.717, 1.165) is 6.54 Å². The molecule has 80 valence electrons. The SMILES string of the molecule is CC.CCCc1ccc(CNC)cc1. The topological polar surface area (TPSA) is 12.0 Å². The van der Waals surface area contributed by atoms with Crippen LogP contribution in [0.15, 0.2) is 24.3 Å². The van der Waals surface area contributed by atoms with Gasteiger partial charge in [0.2, 0.25) is 0 Å². The van der Waals surface area contributed by atoms with Gasteiger partial charge < -0.3 is 5.32 Å². The summed E-state index contributed by atoms with van der Waals surface area (Å²) >= 11 is 0. The van der Waals surface area contributed by atoms with Gasteiger partial charge in [-0.2, -0.15) is 0 Å². The molecule has 0 heterocycles. The van der Waals surface area contributed by atoms with Crippen molar-refractivity contribution in [3.8, 4) is 0 Å². The Hall–Kier alpha value is -0.820. The summed E-state index contributed by atoms with van der Waals surface area (Å²) in [6.45, 7) is 7.17. The molecule has 0 atom stereocenters. The van der Waals surface area contributed by atoms with E-state index in [9.17, 15) is 0 Å². The van der Waals surface area contributed by atoms with Gasteiger partial charge in [0, 0.05) is 6.54 Å². The van der Waals surface area contributed by atoms with Crippen molar-refractivity contribution in [3.63, 3.8) is 0 Å². The smallest absolute Gasteiger partial charge is 0.0202 e. The molecule has 0 bridgehead atoms. The lowest BCUT2D eigenvalue weighted by molar-refractivity contribution is 0.816. The molecule has 0 saturated heterocycles. The summed E-state index contributed by atoms with van der Waals surface area (Å²) in [7, 11) is 1.97. The quantitative estimate of drug-likeness (QED) is 0.773. The Morgan fingerprint density at radius 2 is 1.50 bits per heavy atom. The van der Waals surface area contributed by atoms with E-state index < -0.39 is 0 Å². The van der Waals surface area contributed by atoms with Crippen LogP contribution in [0.2, 0.25) is 0 Å². The molecule has 0 aliphatic rings. The van der Waals surface area contributed by atoms with Crippen LogP contribution in [-0.2, 0) is 13.0 Å². The Balaban J connectivity index is 0.000000791. The highest BCUT2D eigenvalue weighted by Gasteiger charge is 1.91. The molecule has 1 aromatic carbocycles. The van der Waals surface area contributed by atoms with E-state index in [2.05, 4.69) is 36.5 Å². The summed E-state index contributed by atoms with van der Waals surface area (Å²) in [6, 6.07) is 8.83. The van der Waals surface area contributed by atoms with Crippen molar-refractivity contribution in [2.45, 2.75) is 40.2 Å². The zero-order chi connectivity index (χ0) is 10.8. The zero-order valence-corrected chi connectivity index (χ0v) is 9.93. The number of hydrogen-bond donors (Lipinski definition) is 1. The van der Waals surface area contributed by atoms with Gasteiger partial charge in [-0.25, -0.2) is 0 Å². The Bertz CT molecular complexity index is 188. The predicted octanol–water partition coefficient (Wildman–Crippen LogP) is 3.38. The number of hydrogen-bond acceptors (Lipinski definition) is 1. The maximum absolute atomic E-state index is 3.14.